The third kappa shape index (κ3) is 4.73. The van der Waals surface area contributed by atoms with E-state index >= 15 is 0 Å². The average molecular weight is 391 g/mol. The Balaban J connectivity index is 2.72. The maximum absolute atomic E-state index is 11.0. The smallest absolute Gasteiger partial charge is 0.207 e. The summed E-state index contributed by atoms with van der Waals surface area (Å²) in [5.74, 6) is 0. The third-order valence-corrected chi connectivity index (χ3v) is 4.69. The van der Waals surface area contributed by atoms with Gasteiger partial charge in [-0.2, -0.15) is 0 Å². The molecule has 0 aliphatic rings. The largest absolute Gasteiger partial charge is 0.261 e. The van der Waals surface area contributed by atoms with E-state index in [2.05, 4.69) is 31.9 Å². The van der Waals surface area contributed by atoms with Gasteiger partial charge in [0.05, 0.1) is 4.90 Å². The van der Waals surface area contributed by atoms with Crippen LogP contribution in [0.25, 0.3) is 0 Å². The second kappa shape index (κ2) is 6.38. The van der Waals surface area contributed by atoms with Gasteiger partial charge in [0.25, 0.3) is 9.05 Å². The van der Waals surface area contributed by atoms with Gasteiger partial charge in [-0.1, -0.05) is 44.0 Å². The minimum atomic E-state index is -3.61. The lowest BCUT2D eigenvalue weighted by atomic mass is 10.1. The van der Waals surface area contributed by atoms with Gasteiger partial charge in [0.1, 0.15) is 0 Å². The number of alkyl halides is 2. The Morgan fingerprint density at radius 3 is 2.25 bits per heavy atom. The Morgan fingerprint density at radius 1 is 1.25 bits per heavy atom. The molecule has 0 heterocycles. The van der Waals surface area contributed by atoms with Crippen LogP contribution in [0.2, 0.25) is 0 Å². The van der Waals surface area contributed by atoms with Gasteiger partial charge in [-0.25, -0.2) is 8.42 Å². The van der Waals surface area contributed by atoms with E-state index in [9.17, 15) is 8.42 Å². The summed E-state index contributed by atoms with van der Waals surface area (Å²) in [5, 5.41) is 0.942. The van der Waals surface area contributed by atoms with Crippen molar-refractivity contribution >= 4 is 51.6 Å². The van der Waals surface area contributed by atoms with Gasteiger partial charge >= 0.3 is 0 Å². The highest BCUT2D eigenvalue weighted by molar-refractivity contribution is 9.10. The molecule has 6 heteroatoms. The molecule has 0 N–H and O–H groups in total. The van der Waals surface area contributed by atoms with Crippen molar-refractivity contribution in [2.45, 2.75) is 22.6 Å². The van der Waals surface area contributed by atoms with Crippen molar-refractivity contribution in [1.29, 1.82) is 0 Å². The Kier molecular flexibility index (Phi) is 5.77. The molecule has 1 aromatic rings. The first-order valence-electron chi connectivity index (χ1n) is 4.67. The van der Waals surface area contributed by atoms with E-state index in [0.29, 0.717) is 4.83 Å². The van der Waals surface area contributed by atoms with Crippen LogP contribution >= 0.6 is 42.5 Å². The molecule has 1 rings (SSSR count). The lowest BCUT2D eigenvalue weighted by Gasteiger charge is -2.07. The van der Waals surface area contributed by atoms with Crippen LogP contribution in [0.5, 0.6) is 0 Å². The summed E-state index contributed by atoms with van der Waals surface area (Å²) >= 11 is 6.93. The van der Waals surface area contributed by atoms with Crippen LogP contribution < -0.4 is 0 Å². The van der Waals surface area contributed by atoms with Crippen molar-refractivity contribution < 1.29 is 8.42 Å². The number of hydrogen-bond donors (Lipinski definition) is 0. The third-order valence-electron chi connectivity index (χ3n) is 2.08. The molecule has 2 nitrogen and oxygen atoms in total. The summed E-state index contributed by atoms with van der Waals surface area (Å²) < 4.78 is 22.0. The molecule has 0 amide bonds. The second-order valence-electron chi connectivity index (χ2n) is 3.36. The Labute approximate surface area is 117 Å². The van der Waals surface area contributed by atoms with E-state index in [-0.39, 0.29) is 4.90 Å². The highest BCUT2D eigenvalue weighted by atomic mass is 79.9. The van der Waals surface area contributed by atoms with Gasteiger partial charge in [-0.05, 0) is 30.5 Å². The molecule has 0 fully saturated rings. The van der Waals surface area contributed by atoms with Crippen LogP contribution in [0.3, 0.4) is 0 Å². The second-order valence-corrected chi connectivity index (χ2v) is 8.01. The van der Waals surface area contributed by atoms with Crippen molar-refractivity contribution in [2.24, 2.45) is 0 Å². The average Bonchev–Trinajstić information content (AvgIpc) is 2.17. The van der Waals surface area contributed by atoms with Gasteiger partial charge in [0.2, 0.25) is 0 Å². The molecule has 0 aliphatic heterocycles. The van der Waals surface area contributed by atoms with E-state index in [4.69, 9.17) is 10.7 Å². The van der Waals surface area contributed by atoms with Crippen molar-refractivity contribution in [3.05, 3.63) is 29.8 Å². The molecule has 90 valence electrons. The van der Waals surface area contributed by atoms with Crippen molar-refractivity contribution in [3.8, 4) is 0 Å². The standard InChI is InChI=1S/C10H11Br2ClO2S/c11-6-5-9(12)7-8-1-3-10(4-2-8)16(13,14)15/h1-4,9H,5-7H2. The zero-order valence-electron chi connectivity index (χ0n) is 8.37. The van der Waals surface area contributed by atoms with Gasteiger partial charge in [-0.3, -0.25) is 0 Å². The molecule has 1 atom stereocenters. The number of halogens is 3. The summed E-state index contributed by atoms with van der Waals surface area (Å²) in [4.78, 5) is 0.537. The Hall–Kier alpha value is 0.420. The minimum absolute atomic E-state index is 0.143. The lowest BCUT2D eigenvalue weighted by molar-refractivity contribution is 0.609. The molecular formula is C10H11Br2ClO2S. The van der Waals surface area contributed by atoms with Crippen LogP contribution in [0.15, 0.2) is 29.2 Å². The Bertz CT molecular complexity index is 431. The van der Waals surface area contributed by atoms with Crippen molar-refractivity contribution in [2.75, 3.05) is 5.33 Å². The maximum Gasteiger partial charge on any atom is 0.261 e. The molecule has 1 aromatic carbocycles. The minimum Gasteiger partial charge on any atom is -0.207 e. The zero-order chi connectivity index (χ0) is 12.2. The van der Waals surface area contributed by atoms with E-state index < -0.39 is 9.05 Å². The normalized spacial score (nSPS) is 13.7. The molecule has 0 aliphatic carbocycles. The molecule has 0 saturated carbocycles. The van der Waals surface area contributed by atoms with Gasteiger partial charge < -0.3 is 0 Å². The first-order chi connectivity index (χ1) is 7.43. The number of benzene rings is 1. The summed E-state index contributed by atoms with van der Waals surface area (Å²) in [6.07, 6.45) is 1.89. The van der Waals surface area contributed by atoms with Crippen LogP contribution in [-0.2, 0) is 15.5 Å². The summed E-state index contributed by atoms with van der Waals surface area (Å²) in [6.45, 7) is 0. The molecule has 0 bridgehead atoms. The maximum atomic E-state index is 11.0. The Morgan fingerprint density at radius 2 is 1.81 bits per heavy atom. The molecule has 0 radical (unpaired) electrons. The monoisotopic (exact) mass is 388 g/mol. The summed E-state index contributed by atoms with van der Waals surface area (Å²) in [5.41, 5.74) is 1.09. The summed E-state index contributed by atoms with van der Waals surface area (Å²) in [7, 11) is 1.62. The van der Waals surface area contributed by atoms with E-state index in [1.807, 2.05) is 0 Å². The predicted molar refractivity (Wildman–Crippen MR) is 74.3 cm³/mol. The van der Waals surface area contributed by atoms with Crippen LogP contribution in [0, 0.1) is 0 Å². The van der Waals surface area contributed by atoms with Gasteiger partial charge in [-0.15, -0.1) is 0 Å². The summed E-state index contributed by atoms with van der Waals surface area (Å²) in [6, 6.07) is 6.65. The van der Waals surface area contributed by atoms with Crippen LogP contribution in [0.1, 0.15) is 12.0 Å². The predicted octanol–water partition coefficient (Wildman–Crippen LogP) is 3.71. The van der Waals surface area contributed by atoms with Crippen molar-refractivity contribution in [3.63, 3.8) is 0 Å². The molecule has 16 heavy (non-hydrogen) atoms. The highest BCUT2D eigenvalue weighted by Gasteiger charge is 2.10. The SMILES string of the molecule is O=S(=O)(Cl)c1ccc(CC(Br)CCBr)cc1. The number of hydrogen-bond acceptors (Lipinski definition) is 2. The molecule has 0 aromatic heterocycles. The quantitative estimate of drug-likeness (QED) is 0.567. The molecule has 0 spiro atoms. The van der Waals surface area contributed by atoms with Gasteiger partial charge in [0.15, 0.2) is 0 Å². The van der Waals surface area contributed by atoms with E-state index in [0.717, 1.165) is 23.7 Å². The topological polar surface area (TPSA) is 34.1 Å². The zero-order valence-corrected chi connectivity index (χ0v) is 13.1. The molecule has 1 unspecified atom stereocenters. The fourth-order valence-electron chi connectivity index (χ4n) is 1.26. The van der Waals surface area contributed by atoms with Crippen molar-refractivity contribution in [1.82, 2.24) is 0 Å². The van der Waals surface area contributed by atoms with E-state index in [1.165, 1.54) is 12.1 Å². The van der Waals surface area contributed by atoms with Gasteiger partial charge in [0, 0.05) is 20.8 Å². The number of rotatable bonds is 5. The molecular weight excluding hydrogens is 379 g/mol. The highest BCUT2D eigenvalue weighted by Crippen LogP contribution is 2.18. The van der Waals surface area contributed by atoms with Crippen LogP contribution in [-0.4, -0.2) is 18.6 Å². The first-order valence-corrected chi connectivity index (χ1v) is 9.02. The molecule has 0 saturated heterocycles. The first kappa shape index (κ1) is 14.5. The van der Waals surface area contributed by atoms with Crippen LogP contribution in [0.4, 0.5) is 0 Å². The lowest BCUT2D eigenvalue weighted by Crippen LogP contribution is -2.03. The fraction of sp³-hybridized carbons (Fsp3) is 0.400. The van der Waals surface area contributed by atoms with E-state index in [1.54, 1.807) is 12.1 Å². The fourth-order valence-corrected chi connectivity index (χ4v) is 3.80.